The predicted octanol–water partition coefficient (Wildman–Crippen LogP) is -0.873. The van der Waals surface area contributed by atoms with Gasteiger partial charge in [-0.1, -0.05) is 6.42 Å². The first kappa shape index (κ1) is 14.9. The van der Waals surface area contributed by atoms with Crippen molar-refractivity contribution in [2.45, 2.75) is 19.3 Å². The summed E-state index contributed by atoms with van der Waals surface area (Å²) in [5, 5.41) is 2.14. The Morgan fingerprint density at radius 1 is 1.25 bits per heavy atom. The smallest absolute Gasteiger partial charge is 0.277 e. The zero-order valence-corrected chi connectivity index (χ0v) is 12.2. The van der Waals surface area contributed by atoms with Crippen molar-refractivity contribution in [3.05, 3.63) is 0 Å². The van der Waals surface area contributed by atoms with Crippen LogP contribution in [0.3, 0.4) is 0 Å². The van der Waals surface area contributed by atoms with Crippen LogP contribution in [-0.4, -0.2) is 61.9 Å². The number of nitrogens with one attached hydrogen (secondary N) is 1. The molecule has 1 spiro atoms. The summed E-state index contributed by atoms with van der Waals surface area (Å²) < 4.78 is 24.4. The molecule has 1 saturated heterocycles. The average Bonchev–Trinajstić information content (AvgIpc) is 2.25. The molecule has 1 aliphatic heterocycles. The second-order valence-corrected chi connectivity index (χ2v) is 7.55. The summed E-state index contributed by atoms with van der Waals surface area (Å²) in [6.45, 7) is -0.250. The van der Waals surface area contributed by atoms with Gasteiger partial charge in [0.05, 0.1) is 5.75 Å². The first-order valence-electron chi connectivity index (χ1n) is 6.28. The second-order valence-electron chi connectivity index (χ2n) is 5.25. The molecule has 4 amide bonds. The van der Waals surface area contributed by atoms with Gasteiger partial charge in [-0.25, -0.2) is 17.5 Å². The van der Waals surface area contributed by atoms with E-state index in [-0.39, 0.29) is 12.3 Å². The molecule has 0 aromatic rings. The van der Waals surface area contributed by atoms with Crippen molar-refractivity contribution >= 4 is 27.9 Å². The van der Waals surface area contributed by atoms with E-state index >= 15 is 0 Å². The van der Waals surface area contributed by atoms with Gasteiger partial charge in [0.1, 0.15) is 5.41 Å². The van der Waals surface area contributed by atoms with Crippen LogP contribution >= 0.6 is 0 Å². The number of barbiturate groups is 1. The summed E-state index contributed by atoms with van der Waals surface area (Å²) in [6, 6.07) is -0.841. The van der Waals surface area contributed by atoms with Gasteiger partial charge in [0.15, 0.2) is 0 Å². The Bertz CT molecular complexity index is 565. The van der Waals surface area contributed by atoms with Gasteiger partial charge in [0.25, 0.3) is 0 Å². The maximum absolute atomic E-state index is 12.3. The van der Waals surface area contributed by atoms with Crippen molar-refractivity contribution in [3.8, 4) is 0 Å². The van der Waals surface area contributed by atoms with Crippen LogP contribution in [0, 0.1) is 5.41 Å². The SMILES string of the molecule is CN(C)S(=O)(=O)CCN1C(=O)NC(=O)C2(CCC2)C1=O. The number of imide groups is 2. The summed E-state index contributed by atoms with van der Waals surface area (Å²) in [5.41, 5.74) is -1.16. The lowest BCUT2D eigenvalue weighted by Gasteiger charge is -2.44. The normalized spacial score (nSPS) is 22.1. The first-order chi connectivity index (χ1) is 9.20. The fraction of sp³-hybridized carbons (Fsp3) is 0.727. The number of rotatable bonds is 4. The van der Waals surface area contributed by atoms with Crippen molar-refractivity contribution in [1.82, 2.24) is 14.5 Å². The van der Waals surface area contributed by atoms with E-state index in [2.05, 4.69) is 5.32 Å². The molecule has 1 N–H and O–H groups in total. The predicted molar refractivity (Wildman–Crippen MR) is 69.0 cm³/mol. The quantitative estimate of drug-likeness (QED) is 0.680. The lowest BCUT2D eigenvalue weighted by molar-refractivity contribution is -0.157. The zero-order chi connectivity index (χ0) is 15.1. The Morgan fingerprint density at radius 2 is 1.85 bits per heavy atom. The third-order valence-corrected chi connectivity index (χ3v) is 5.70. The molecule has 2 fully saturated rings. The summed E-state index contributed by atoms with van der Waals surface area (Å²) >= 11 is 0. The molecule has 0 atom stereocenters. The van der Waals surface area contributed by atoms with Crippen LogP contribution in [0.25, 0.3) is 0 Å². The number of carbonyl (C=O) groups excluding carboxylic acids is 3. The molecule has 1 saturated carbocycles. The van der Waals surface area contributed by atoms with Crippen LogP contribution in [-0.2, 0) is 19.6 Å². The lowest BCUT2D eigenvalue weighted by Crippen LogP contribution is -2.66. The largest absolute Gasteiger partial charge is 0.330 e. The van der Waals surface area contributed by atoms with E-state index in [1.54, 1.807) is 0 Å². The third kappa shape index (κ3) is 2.20. The molecule has 0 radical (unpaired) electrons. The molecule has 2 aliphatic rings. The van der Waals surface area contributed by atoms with Crippen molar-refractivity contribution in [3.63, 3.8) is 0 Å². The van der Waals surface area contributed by atoms with Crippen LogP contribution in [0.5, 0.6) is 0 Å². The Balaban J connectivity index is 2.13. The average molecular weight is 303 g/mol. The van der Waals surface area contributed by atoms with Crippen molar-refractivity contribution in [2.24, 2.45) is 5.41 Å². The van der Waals surface area contributed by atoms with Gasteiger partial charge in [-0.2, -0.15) is 0 Å². The van der Waals surface area contributed by atoms with E-state index < -0.39 is 33.3 Å². The van der Waals surface area contributed by atoms with E-state index in [1.807, 2.05) is 0 Å². The molecule has 0 aromatic heterocycles. The third-order valence-electron chi connectivity index (χ3n) is 3.89. The summed E-state index contributed by atoms with van der Waals surface area (Å²) in [7, 11) is -0.751. The van der Waals surface area contributed by atoms with E-state index in [1.165, 1.54) is 14.1 Å². The first-order valence-corrected chi connectivity index (χ1v) is 7.89. The van der Waals surface area contributed by atoms with Crippen molar-refractivity contribution in [2.75, 3.05) is 26.4 Å². The Kier molecular flexibility index (Phi) is 3.59. The number of nitrogens with zero attached hydrogens (tertiary/aromatic N) is 2. The molecule has 0 unspecified atom stereocenters. The highest BCUT2D eigenvalue weighted by molar-refractivity contribution is 7.89. The minimum absolute atomic E-state index is 0.250. The maximum atomic E-state index is 12.3. The molecule has 1 aliphatic carbocycles. The highest BCUT2D eigenvalue weighted by Crippen LogP contribution is 2.44. The highest BCUT2D eigenvalue weighted by Gasteiger charge is 2.57. The zero-order valence-electron chi connectivity index (χ0n) is 11.4. The van der Waals surface area contributed by atoms with Crippen molar-refractivity contribution in [1.29, 1.82) is 0 Å². The van der Waals surface area contributed by atoms with E-state index in [0.29, 0.717) is 12.8 Å². The van der Waals surface area contributed by atoms with Gasteiger partial charge in [-0.05, 0) is 12.8 Å². The van der Waals surface area contributed by atoms with Crippen molar-refractivity contribution < 1.29 is 22.8 Å². The van der Waals surface area contributed by atoms with Gasteiger partial charge in [0, 0.05) is 20.6 Å². The number of carbonyl (C=O) groups is 3. The number of hydrogen-bond donors (Lipinski definition) is 1. The van der Waals surface area contributed by atoms with Crippen LogP contribution in [0.15, 0.2) is 0 Å². The van der Waals surface area contributed by atoms with E-state index in [4.69, 9.17) is 0 Å². The van der Waals surface area contributed by atoms with Gasteiger partial charge in [-0.15, -0.1) is 0 Å². The highest BCUT2D eigenvalue weighted by atomic mass is 32.2. The summed E-state index contributed by atoms with van der Waals surface area (Å²) in [4.78, 5) is 36.6. The minimum atomic E-state index is -3.51. The summed E-state index contributed by atoms with van der Waals surface area (Å²) in [6.07, 6.45) is 1.56. The number of hydrogen-bond acceptors (Lipinski definition) is 5. The number of sulfonamides is 1. The van der Waals surface area contributed by atoms with Crippen LogP contribution in [0.4, 0.5) is 4.79 Å². The molecule has 9 heteroatoms. The summed E-state index contributed by atoms with van der Waals surface area (Å²) in [5.74, 6) is -1.50. The molecule has 2 rings (SSSR count). The van der Waals surface area contributed by atoms with Crippen LogP contribution < -0.4 is 5.32 Å². The topological polar surface area (TPSA) is 104 Å². The molecule has 0 aromatic carbocycles. The fourth-order valence-electron chi connectivity index (χ4n) is 2.30. The van der Waals surface area contributed by atoms with Gasteiger partial charge >= 0.3 is 6.03 Å². The fourth-order valence-corrected chi connectivity index (χ4v) is 3.07. The number of amides is 4. The molecule has 8 nitrogen and oxygen atoms in total. The standard InChI is InChI=1S/C11H17N3O5S/c1-13(2)20(18,19)7-6-14-9(16)11(4-3-5-11)8(15)12-10(14)17/h3-7H2,1-2H3,(H,12,15,17). The van der Waals surface area contributed by atoms with Gasteiger partial charge in [0.2, 0.25) is 21.8 Å². The van der Waals surface area contributed by atoms with E-state index in [9.17, 15) is 22.8 Å². The molecular formula is C11H17N3O5S. The second kappa shape index (κ2) is 4.81. The molecule has 0 bridgehead atoms. The Hall–Kier alpha value is -1.48. The Labute approximate surface area is 117 Å². The molecule has 20 heavy (non-hydrogen) atoms. The number of urea groups is 1. The molecular weight excluding hydrogens is 286 g/mol. The monoisotopic (exact) mass is 303 g/mol. The van der Waals surface area contributed by atoms with Gasteiger partial charge in [-0.3, -0.25) is 19.8 Å². The van der Waals surface area contributed by atoms with Crippen LogP contribution in [0.1, 0.15) is 19.3 Å². The maximum Gasteiger partial charge on any atom is 0.330 e. The molecule has 1 heterocycles. The molecule has 112 valence electrons. The van der Waals surface area contributed by atoms with Gasteiger partial charge < -0.3 is 0 Å². The Morgan fingerprint density at radius 3 is 2.30 bits per heavy atom. The minimum Gasteiger partial charge on any atom is -0.277 e. The van der Waals surface area contributed by atoms with Crippen LogP contribution in [0.2, 0.25) is 0 Å². The van der Waals surface area contributed by atoms with E-state index in [0.717, 1.165) is 15.6 Å². The lowest BCUT2D eigenvalue weighted by atomic mass is 9.66.